The number of β-amino-alcohol motifs (C(OH)–C–C–N with tert-alkyl or cyclic N) is 1. The van der Waals surface area contributed by atoms with Crippen LogP contribution in [0.25, 0.3) is 0 Å². The molecule has 0 aliphatic carbocycles. The van der Waals surface area contributed by atoms with E-state index in [1.54, 1.807) is 25.3 Å². The Hall–Kier alpha value is -3.15. The summed E-state index contributed by atoms with van der Waals surface area (Å²) in [5.74, 6) is 3.40. The fourth-order valence-electron chi connectivity index (χ4n) is 4.79. The first-order chi connectivity index (χ1) is 16.8. The van der Waals surface area contributed by atoms with Gasteiger partial charge in [-0.25, -0.2) is 4.98 Å². The summed E-state index contributed by atoms with van der Waals surface area (Å²) in [7, 11) is 0. The van der Waals surface area contributed by atoms with Crippen molar-refractivity contribution >= 4 is 17.6 Å². The Morgan fingerprint density at radius 1 is 1.37 bits per heavy atom. The first kappa shape index (κ1) is 26.5. The number of aliphatic hydroxyl groups excluding tert-OH is 1. The summed E-state index contributed by atoms with van der Waals surface area (Å²) in [6.07, 6.45) is 12.0. The van der Waals surface area contributed by atoms with Gasteiger partial charge in [0.15, 0.2) is 0 Å². The molecule has 2 amide bonds. The highest BCUT2D eigenvalue weighted by Gasteiger charge is 2.26. The number of anilines is 1. The molecule has 35 heavy (non-hydrogen) atoms. The van der Waals surface area contributed by atoms with Crippen LogP contribution in [0.1, 0.15) is 44.0 Å². The molecule has 1 aromatic heterocycles. The van der Waals surface area contributed by atoms with E-state index < -0.39 is 6.10 Å². The molecule has 3 heterocycles. The smallest absolute Gasteiger partial charge is 0.251 e. The highest BCUT2D eigenvalue weighted by atomic mass is 16.3. The van der Waals surface area contributed by atoms with Crippen LogP contribution in [0, 0.1) is 18.3 Å². The summed E-state index contributed by atoms with van der Waals surface area (Å²) in [5, 5.41) is 16.8. The van der Waals surface area contributed by atoms with Crippen molar-refractivity contribution in [3.63, 3.8) is 0 Å². The number of pyridine rings is 1. The number of amides is 2. The van der Waals surface area contributed by atoms with Crippen molar-refractivity contribution in [1.29, 1.82) is 0 Å². The van der Waals surface area contributed by atoms with Crippen molar-refractivity contribution in [2.24, 2.45) is 5.92 Å². The Morgan fingerprint density at radius 2 is 2.11 bits per heavy atom. The minimum atomic E-state index is -0.687. The number of carbonyl (C=O) groups excluding carboxylic acids is 2. The van der Waals surface area contributed by atoms with Crippen molar-refractivity contribution in [3.05, 3.63) is 47.2 Å². The standard InChI is InChI=1S/C27H37N5O3/c1-5-7-25-19(3)16-31(17-21(25)6-2)18-24(34)15-29-27(35)22-8-11-28-26(14-22)30-23-9-12-32(13-10-23)20(4)33/h1,6-8,11,14,19,23-24,34H,9-10,12-13,15-18H2,2-4H3,(H,28,30)(H,29,35)/b21-6-,25-7-/t19?,24-/m0/s1. The number of piperidine rings is 2. The lowest BCUT2D eigenvalue weighted by molar-refractivity contribution is -0.129. The van der Waals surface area contributed by atoms with Crippen molar-refractivity contribution < 1.29 is 14.7 Å². The van der Waals surface area contributed by atoms with Gasteiger partial charge in [-0.15, -0.1) is 6.42 Å². The number of aromatic nitrogens is 1. The maximum absolute atomic E-state index is 12.7. The van der Waals surface area contributed by atoms with Gasteiger partial charge >= 0.3 is 0 Å². The molecule has 1 unspecified atom stereocenters. The second-order valence-corrected chi connectivity index (χ2v) is 9.39. The molecule has 188 valence electrons. The molecular formula is C27H37N5O3. The molecule has 2 saturated heterocycles. The number of carbonyl (C=O) groups is 2. The Labute approximate surface area is 208 Å². The zero-order valence-corrected chi connectivity index (χ0v) is 21.0. The molecule has 3 N–H and O–H groups in total. The van der Waals surface area contributed by atoms with E-state index in [0.717, 1.165) is 39.0 Å². The summed E-state index contributed by atoms with van der Waals surface area (Å²) in [6.45, 7) is 9.33. The number of likely N-dealkylation sites (tertiary alicyclic amines) is 2. The fourth-order valence-corrected chi connectivity index (χ4v) is 4.79. The lowest BCUT2D eigenvalue weighted by Crippen LogP contribution is -2.45. The van der Waals surface area contributed by atoms with Gasteiger partial charge < -0.3 is 20.6 Å². The third-order valence-electron chi connectivity index (χ3n) is 6.70. The van der Waals surface area contributed by atoms with Crippen molar-refractivity contribution in [3.8, 4) is 12.3 Å². The Kier molecular flexibility index (Phi) is 9.47. The van der Waals surface area contributed by atoms with Gasteiger partial charge in [0.1, 0.15) is 5.82 Å². The molecule has 2 aliphatic rings. The van der Waals surface area contributed by atoms with E-state index in [0.29, 0.717) is 17.9 Å². The van der Waals surface area contributed by atoms with E-state index in [9.17, 15) is 14.7 Å². The van der Waals surface area contributed by atoms with Crippen LogP contribution in [0.5, 0.6) is 0 Å². The summed E-state index contributed by atoms with van der Waals surface area (Å²) in [5.41, 5.74) is 2.85. The maximum atomic E-state index is 12.7. The van der Waals surface area contributed by atoms with Gasteiger partial charge in [0.25, 0.3) is 5.91 Å². The number of rotatable bonds is 7. The SMILES string of the molecule is C#C/C=C1\C(=C/C)CN(C[C@@H](O)CNC(=O)c2ccnc(NC3CCN(C(C)=O)CC3)c2)CC1C. The number of nitrogens with one attached hydrogen (secondary N) is 2. The molecule has 0 radical (unpaired) electrons. The Bertz CT molecular complexity index is 1000. The highest BCUT2D eigenvalue weighted by Crippen LogP contribution is 2.27. The van der Waals surface area contributed by atoms with E-state index >= 15 is 0 Å². The second kappa shape index (κ2) is 12.5. The number of aliphatic hydroxyl groups is 1. The van der Waals surface area contributed by atoms with Crippen LogP contribution in [-0.2, 0) is 4.79 Å². The fraction of sp³-hybridized carbons (Fsp3) is 0.519. The minimum absolute atomic E-state index is 0.102. The third-order valence-corrected chi connectivity index (χ3v) is 6.70. The summed E-state index contributed by atoms with van der Waals surface area (Å²) in [4.78, 5) is 32.6. The Morgan fingerprint density at radius 3 is 2.77 bits per heavy atom. The largest absolute Gasteiger partial charge is 0.390 e. The van der Waals surface area contributed by atoms with E-state index in [-0.39, 0.29) is 30.3 Å². The number of nitrogens with zero attached hydrogens (tertiary/aromatic N) is 3. The highest BCUT2D eigenvalue weighted by molar-refractivity contribution is 5.94. The molecule has 3 rings (SSSR count). The molecule has 0 aromatic carbocycles. The monoisotopic (exact) mass is 479 g/mol. The van der Waals surface area contributed by atoms with Crippen LogP contribution >= 0.6 is 0 Å². The van der Waals surface area contributed by atoms with Gasteiger partial charge in [-0.05, 0) is 55.0 Å². The van der Waals surface area contributed by atoms with Crippen molar-refractivity contribution in [2.75, 3.05) is 44.6 Å². The average molecular weight is 480 g/mol. The van der Waals surface area contributed by atoms with E-state index in [1.165, 1.54) is 11.1 Å². The van der Waals surface area contributed by atoms with Gasteiger partial charge in [-0.2, -0.15) is 0 Å². The lowest BCUT2D eigenvalue weighted by atomic mass is 9.88. The number of hydrogen-bond donors (Lipinski definition) is 3. The van der Waals surface area contributed by atoms with Gasteiger partial charge in [0, 0.05) is 64.0 Å². The van der Waals surface area contributed by atoms with E-state index in [2.05, 4.69) is 39.4 Å². The van der Waals surface area contributed by atoms with Crippen LogP contribution in [0.2, 0.25) is 0 Å². The van der Waals surface area contributed by atoms with Gasteiger partial charge in [-0.1, -0.05) is 18.9 Å². The molecule has 0 spiro atoms. The molecule has 0 saturated carbocycles. The minimum Gasteiger partial charge on any atom is -0.390 e. The lowest BCUT2D eigenvalue weighted by Gasteiger charge is -2.35. The molecule has 1 aromatic rings. The molecule has 2 fully saturated rings. The number of hydrogen-bond acceptors (Lipinski definition) is 6. The molecule has 0 bridgehead atoms. The predicted molar refractivity (Wildman–Crippen MR) is 138 cm³/mol. The first-order valence-corrected chi connectivity index (χ1v) is 12.3. The van der Waals surface area contributed by atoms with E-state index in [4.69, 9.17) is 6.42 Å². The number of terminal acetylenes is 1. The Balaban J connectivity index is 1.48. The second-order valence-electron chi connectivity index (χ2n) is 9.39. The summed E-state index contributed by atoms with van der Waals surface area (Å²) < 4.78 is 0. The zero-order chi connectivity index (χ0) is 25.4. The van der Waals surface area contributed by atoms with Crippen molar-refractivity contribution in [2.45, 2.75) is 45.8 Å². The molecule has 8 heteroatoms. The third kappa shape index (κ3) is 7.41. The predicted octanol–water partition coefficient (Wildman–Crippen LogP) is 2.05. The van der Waals surface area contributed by atoms with Gasteiger partial charge in [0.2, 0.25) is 5.91 Å². The van der Waals surface area contributed by atoms with Crippen LogP contribution in [-0.4, -0.2) is 83.1 Å². The summed E-state index contributed by atoms with van der Waals surface area (Å²) >= 11 is 0. The zero-order valence-electron chi connectivity index (χ0n) is 21.0. The van der Waals surface area contributed by atoms with Crippen LogP contribution < -0.4 is 10.6 Å². The average Bonchev–Trinajstić information content (AvgIpc) is 2.84. The van der Waals surface area contributed by atoms with E-state index in [1.807, 2.05) is 17.9 Å². The van der Waals surface area contributed by atoms with Gasteiger partial charge in [0.05, 0.1) is 6.10 Å². The molecule has 8 nitrogen and oxygen atoms in total. The van der Waals surface area contributed by atoms with Crippen molar-refractivity contribution in [1.82, 2.24) is 20.1 Å². The molecule has 2 atom stereocenters. The first-order valence-electron chi connectivity index (χ1n) is 12.3. The summed E-state index contributed by atoms with van der Waals surface area (Å²) in [6, 6.07) is 3.60. The van der Waals surface area contributed by atoms with Crippen LogP contribution in [0.3, 0.4) is 0 Å². The molecular weight excluding hydrogens is 442 g/mol. The van der Waals surface area contributed by atoms with Crippen LogP contribution in [0.15, 0.2) is 41.6 Å². The number of allylic oxidation sites excluding steroid dienone is 2. The van der Waals surface area contributed by atoms with Gasteiger partial charge in [-0.3, -0.25) is 14.5 Å². The molecule has 2 aliphatic heterocycles. The maximum Gasteiger partial charge on any atom is 0.251 e. The quantitative estimate of drug-likeness (QED) is 0.518. The normalized spacial score (nSPS) is 22.6. The van der Waals surface area contributed by atoms with Crippen LogP contribution in [0.4, 0.5) is 5.82 Å². The topological polar surface area (TPSA) is 97.8 Å².